The Kier molecular flexibility index (Phi) is 6.68. The number of nitrogens with zero attached hydrogens (tertiary/aromatic N) is 2. The molecule has 0 spiro atoms. The third kappa shape index (κ3) is 4.92. The van der Waals surface area contributed by atoms with E-state index in [1.807, 2.05) is 36.4 Å². The van der Waals surface area contributed by atoms with E-state index in [9.17, 15) is 0 Å². The van der Waals surface area contributed by atoms with Crippen molar-refractivity contribution in [3.05, 3.63) is 122 Å². The third-order valence-electron chi connectivity index (χ3n) is 6.53. The zero-order valence-corrected chi connectivity index (χ0v) is 20.9. The van der Waals surface area contributed by atoms with E-state index in [-0.39, 0.29) is 0 Å². The fourth-order valence-electron chi connectivity index (χ4n) is 4.77. The number of fused-ring (bicyclic) bond motifs is 2. The molecule has 6 nitrogen and oxygen atoms in total. The molecule has 0 amide bonds. The smallest absolute Gasteiger partial charge is 0.127 e. The van der Waals surface area contributed by atoms with E-state index in [2.05, 4.69) is 104 Å². The van der Waals surface area contributed by atoms with E-state index in [1.54, 1.807) is 12.4 Å². The van der Waals surface area contributed by atoms with Crippen molar-refractivity contribution in [3.63, 3.8) is 0 Å². The summed E-state index contributed by atoms with van der Waals surface area (Å²) in [4.78, 5) is 8.76. The number of hydrogen-bond donors (Lipinski definition) is 4. The second kappa shape index (κ2) is 10.9. The van der Waals surface area contributed by atoms with Crippen LogP contribution in [0, 0.1) is 0 Å². The van der Waals surface area contributed by atoms with Gasteiger partial charge in [0.15, 0.2) is 0 Å². The molecule has 0 saturated heterocycles. The van der Waals surface area contributed by atoms with Gasteiger partial charge in [-0.1, -0.05) is 72.8 Å². The molecule has 4 aromatic carbocycles. The number of aromatic nitrogens is 2. The highest BCUT2D eigenvalue weighted by atomic mass is 15.1. The number of pyridine rings is 2. The number of nitrogens with one attached hydrogen (secondary N) is 4. The first-order chi connectivity index (χ1) is 18.9. The van der Waals surface area contributed by atoms with Crippen molar-refractivity contribution in [3.8, 4) is 11.1 Å². The lowest BCUT2D eigenvalue weighted by Crippen LogP contribution is -2.14. The van der Waals surface area contributed by atoms with Crippen molar-refractivity contribution >= 4 is 44.6 Å². The van der Waals surface area contributed by atoms with Gasteiger partial charge in [-0.15, -0.1) is 0 Å². The largest absolute Gasteiger partial charge is 0.367 e. The van der Waals surface area contributed by atoms with Crippen molar-refractivity contribution in [2.24, 2.45) is 0 Å². The van der Waals surface area contributed by atoms with Gasteiger partial charge in [-0.05, 0) is 57.9 Å². The van der Waals surface area contributed by atoms with Crippen molar-refractivity contribution < 1.29 is 0 Å². The molecule has 2 aromatic heterocycles. The Balaban J connectivity index is 1.43. The van der Waals surface area contributed by atoms with Gasteiger partial charge in [0.2, 0.25) is 0 Å². The Morgan fingerprint density at radius 1 is 0.421 bits per heavy atom. The Hall–Kier alpha value is -5.10. The number of rotatable bonds is 9. The molecule has 0 aliphatic carbocycles. The van der Waals surface area contributed by atoms with E-state index in [0.717, 1.165) is 34.1 Å². The topological polar surface area (TPSA) is 73.9 Å². The molecule has 6 aromatic rings. The molecule has 0 atom stereocenters. The molecule has 2 heterocycles. The molecule has 0 aliphatic rings. The second-order valence-corrected chi connectivity index (χ2v) is 8.91. The average Bonchev–Trinajstić information content (AvgIpc) is 2.98. The van der Waals surface area contributed by atoms with E-state index in [4.69, 9.17) is 0 Å². The fourth-order valence-corrected chi connectivity index (χ4v) is 4.77. The Bertz CT molecular complexity index is 1540. The lowest BCUT2D eigenvalue weighted by Gasteiger charge is -2.21. The quantitative estimate of drug-likeness (QED) is 0.156. The molecular formula is C32H28N6. The summed E-state index contributed by atoms with van der Waals surface area (Å²) in [6.45, 7) is 1.08. The van der Waals surface area contributed by atoms with E-state index in [1.165, 1.54) is 21.5 Å². The van der Waals surface area contributed by atoms with Gasteiger partial charge in [-0.25, -0.2) is 9.97 Å². The third-order valence-corrected chi connectivity index (χ3v) is 6.53. The number of hydrogen-bond acceptors (Lipinski definition) is 6. The summed E-state index contributed by atoms with van der Waals surface area (Å²) in [6.07, 6.45) is 3.58. The maximum absolute atomic E-state index is 4.38. The normalized spacial score (nSPS) is 10.8. The van der Waals surface area contributed by atoms with E-state index >= 15 is 0 Å². The Morgan fingerprint density at radius 3 is 1.32 bits per heavy atom. The van der Waals surface area contributed by atoms with Gasteiger partial charge in [0.25, 0.3) is 0 Å². The Labute approximate surface area is 221 Å². The predicted octanol–water partition coefficient (Wildman–Crippen LogP) is 7.41. The molecule has 0 fully saturated rings. The summed E-state index contributed by atoms with van der Waals surface area (Å²) < 4.78 is 0. The lowest BCUT2D eigenvalue weighted by atomic mass is 9.91. The molecular weight excluding hydrogens is 468 g/mol. The highest BCUT2D eigenvalue weighted by molar-refractivity contribution is 6.13. The monoisotopic (exact) mass is 496 g/mol. The zero-order chi connectivity index (χ0) is 25.6. The summed E-state index contributed by atoms with van der Waals surface area (Å²) >= 11 is 0. The van der Waals surface area contributed by atoms with Gasteiger partial charge in [-0.3, -0.25) is 0 Å². The van der Waals surface area contributed by atoms with E-state index in [0.29, 0.717) is 13.3 Å². The average molecular weight is 497 g/mol. The van der Waals surface area contributed by atoms with Crippen LogP contribution in [0.25, 0.3) is 32.7 Å². The SMILES string of the molecule is c1ccc(NCNc2ccc3ccccc3c2-c2c(NCNc3ccccn3)ccc3ccccc23)nc1. The second-order valence-electron chi connectivity index (χ2n) is 8.91. The van der Waals surface area contributed by atoms with Crippen molar-refractivity contribution in [2.45, 2.75) is 0 Å². The maximum Gasteiger partial charge on any atom is 0.127 e. The molecule has 0 saturated carbocycles. The number of benzene rings is 4. The summed E-state index contributed by atoms with van der Waals surface area (Å²) in [5, 5.41) is 18.7. The molecule has 0 aliphatic heterocycles. The molecule has 0 bridgehead atoms. The zero-order valence-electron chi connectivity index (χ0n) is 20.9. The minimum absolute atomic E-state index is 0.539. The van der Waals surface area contributed by atoms with Crippen molar-refractivity contribution in [1.82, 2.24) is 9.97 Å². The van der Waals surface area contributed by atoms with Crippen LogP contribution >= 0.6 is 0 Å². The van der Waals surface area contributed by atoms with Gasteiger partial charge < -0.3 is 21.3 Å². The van der Waals surface area contributed by atoms with Crippen LogP contribution in [0.4, 0.5) is 23.0 Å². The van der Waals surface area contributed by atoms with Crippen LogP contribution in [0.1, 0.15) is 0 Å². The van der Waals surface area contributed by atoms with Gasteiger partial charge in [0.1, 0.15) is 11.6 Å². The van der Waals surface area contributed by atoms with Crippen LogP contribution in [0.5, 0.6) is 0 Å². The van der Waals surface area contributed by atoms with Gasteiger partial charge in [-0.2, -0.15) is 0 Å². The first-order valence-electron chi connectivity index (χ1n) is 12.7. The van der Waals surface area contributed by atoms with Gasteiger partial charge >= 0.3 is 0 Å². The minimum Gasteiger partial charge on any atom is -0.367 e. The first-order valence-corrected chi connectivity index (χ1v) is 12.7. The molecule has 6 heteroatoms. The summed E-state index contributed by atoms with van der Waals surface area (Å²) in [5.41, 5.74) is 4.40. The molecule has 38 heavy (non-hydrogen) atoms. The minimum atomic E-state index is 0.539. The van der Waals surface area contributed by atoms with Crippen LogP contribution < -0.4 is 21.3 Å². The summed E-state index contributed by atoms with van der Waals surface area (Å²) in [6, 6.07) is 37.5. The van der Waals surface area contributed by atoms with Crippen LogP contribution in [0.2, 0.25) is 0 Å². The molecule has 4 N–H and O–H groups in total. The highest BCUT2D eigenvalue weighted by Crippen LogP contribution is 2.43. The van der Waals surface area contributed by atoms with Crippen LogP contribution in [0.15, 0.2) is 122 Å². The van der Waals surface area contributed by atoms with Crippen LogP contribution in [-0.4, -0.2) is 23.3 Å². The predicted molar refractivity (Wildman–Crippen MR) is 160 cm³/mol. The van der Waals surface area contributed by atoms with Crippen molar-refractivity contribution in [1.29, 1.82) is 0 Å². The maximum atomic E-state index is 4.38. The van der Waals surface area contributed by atoms with E-state index < -0.39 is 0 Å². The lowest BCUT2D eigenvalue weighted by molar-refractivity contribution is 1.16. The Morgan fingerprint density at radius 2 is 0.868 bits per heavy atom. The summed E-state index contributed by atoms with van der Waals surface area (Å²) in [5.74, 6) is 1.66. The highest BCUT2D eigenvalue weighted by Gasteiger charge is 2.17. The van der Waals surface area contributed by atoms with Crippen LogP contribution in [0.3, 0.4) is 0 Å². The van der Waals surface area contributed by atoms with Crippen LogP contribution in [-0.2, 0) is 0 Å². The van der Waals surface area contributed by atoms with Gasteiger partial charge in [0.05, 0.1) is 13.3 Å². The molecule has 186 valence electrons. The fraction of sp³-hybridized carbons (Fsp3) is 0.0625. The van der Waals surface area contributed by atoms with Crippen molar-refractivity contribution in [2.75, 3.05) is 34.6 Å². The van der Waals surface area contributed by atoms with Gasteiger partial charge in [0, 0.05) is 34.9 Å². The molecule has 0 unspecified atom stereocenters. The standard InChI is InChI=1S/C32H28N6/c1-3-11-25-23(9-1)15-17-27(35-21-37-29-13-5-7-19-33-29)31(25)32-26-12-4-2-10-24(26)16-18-28(32)36-22-38-30-14-6-8-20-34-30/h1-20,35-36H,21-22H2,(H,33,37)(H,34,38). The molecule has 0 radical (unpaired) electrons. The first kappa shape index (κ1) is 23.3. The number of anilines is 4. The summed E-state index contributed by atoms with van der Waals surface area (Å²) in [7, 11) is 0. The molecule has 6 rings (SSSR count).